The van der Waals surface area contributed by atoms with Gasteiger partial charge in [-0.1, -0.05) is 0 Å². The lowest BCUT2D eigenvalue weighted by atomic mass is 9.93. The second kappa shape index (κ2) is 4.35. The van der Waals surface area contributed by atoms with Gasteiger partial charge in [0.2, 0.25) is 0 Å². The van der Waals surface area contributed by atoms with Crippen LogP contribution in [0.15, 0.2) is 0 Å². The number of Topliss-reactive ketones (excluding diaryl/α,β-unsaturated/α-hetero) is 1. The first-order chi connectivity index (χ1) is 6.43. The van der Waals surface area contributed by atoms with E-state index in [1.165, 1.54) is 6.92 Å². The van der Waals surface area contributed by atoms with E-state index in [0.717, 1.165) is 0 Å². The fourth-order valence-electron chi connectivity index (χ4n) is 1.59. The van der Waals surface area contributed by atoms with E-state index in [1.807, 2.05) is 0 Å². The van der Waals surface area contributed by atoms with Crippen molar-refractivity contribution in [2.45, 2.75) is 50.8 Å². The molecule has 14 heavy (non-hydrogen) atoms. The molecular formula is C9H16O5. The first kappa shape index (κ1) is 11.6. The number of ether oxygens (including phenoxy) is 1. The van der Waals surface area contributed by atoms with Crippen LogP contribution in [0.5, 0.6) is 0 Å². The van der Waals surface area contributed by atoms with Gasteiger partial charge in [0.25, 0.3) is 0 Å². The quantitative estimate of drug-likeness (QED) is 0.528. The van der Waals surface area contributed by atoms with Crippen LogP contribution in [0.3, 0.4) is 0 Å². The SMILES string of the molecule is CC(=O)C[C@@H]1O[C@@H](C)[C@@H](O)[C@H](O)[C@H]1O. The summed E-state index contributed by atoms with van der Waals surface area (Å²) in [7, 11) is 0. The van der Waals surface area contributed by atoms with Crippen molar-refractivity contribution < 1.29 is 24.9 Å². The summed E-state index contributed by atoms with van der Waals surface area (Å²) in [6.07, 6.45) is -4.80. The minimum absolute atomic E-state index is 0.0509. The highest BCUT2D eigenvalue weighted by Crippen LogP contribution is 2.22. The number of carbonyl (C=O) groups is 1. The van der Waals surface area contributed by atoms with Crippen LogP contribution in [0.4, 0.5) is 0 Å². The van der Waals surface area contributed by atoms with Gasteiger partial charge in [-0.25, -0.2) is 0 Å². The van der Waals surface area contributed by atoms with Crippen LogP contribution in [0.25, 0.3) is 0 Å². The third kappa shape index (κ3) is 2.30. The maximum Gasteiger partial charge on any atom is 0.132 e. The minimum atomic E-state index is -1.25. The Labute approximate surface area is 82.3 Å². The Morgan fingerprint density at radius 3 is 2.29 bits per heavy atom. The Kier molecular flexibility index (Phi) is 3.60. The third-order valence-corrected chi connectivity index (χ3v) is 2.44. The van der Waals surface area contributed by atoms with E-state index in [4.69, 9.17) is 4.74 Å². The number of hydrogen-bond acceptors (Lipinski definition) is 5. The molecule has 1 aliphatic rings. The fourth-order valence-corrected chi connectivity index (χ4v) is 1.59. The average molecular weight is 204 g/mol. The molecule has 0 aliphatic carbocycles. The zero-order valence-corrected chi connectivity index (χ0v) is 8.25. The highest BCUT2D eigenvalue weighted by molar-refractivity contribution is 5.76. The zero-order valence-electron chi connectivity index (χ0n) is 8.25. The topological polar surface area (TPSA) is 87.0 Å². The molecular weight excluding hydrogens is 188 g/mol. The number of ketones is 1. The summed E-state index contributed by atoms with van der Waals surface area (Å²) < 4.78 is 5.21. The van der Waals surface area contributed by atoms with E-state index < -0.39 is 30.5 Å². The van der Waals surface area contributed by atoms with Crippen molar-refractivity contribution in [2.24, 2.45) is 0 Å². The molecule has 1 saturated heterocycles. The van der Waals surface area contributed by atoms with Gasteiger partial charge < -0.3 is 20.1 Å². The maximum atomic E-state index is 10.8. The van der Waals surface area contributed by atoms with Crippen molar-refractivity contribution in [3.8, 4) is 0 Å². The Morgan fingerprint density at radius 1 is 1.21 bits per heavy atom. The number of carbonyl (C=O) groups excluding carboxylic acids is 1. The highest BCUT2D eigenvalue weighted by Gasteiger charge is 2.41. The molecule has 0 amide bonds. The van der Waals surface area contributed by atoms with Crippen LogP contribution >= 0.6 is 0 Å². The monoisotopic (exact) mass is 204 g/mol. The molecule has 0 aromatic rings. The lowest BCUT2D eigenvalue weighted by Gasteiger charge is -2.39. The van der Waals surface area contributed by atoms with Gasteiger partial charge in [-0.2, -0.15) is 0 Å². The molecule has 1 fully saturated rings. The molecule has 5 atom stereocenters. The van der Waals surface area contributed by atoms with E-state index in [2.05, 4.69) is 0 Å². The van der Waals surface area contributed by atoms with Crippen molar-refractivity contribution in [2.75, 3.05) is 0 Å². The minimum Gasteiger partial charge on any atom is -0.388 e. The van der Waals surface area contributed by atoms with Gasteiger partial charge in [-0.15, -0.1) is 0 Å². The molecule has 5 nitrogen and oxygen atoms in total. The van der Waals surface area contributed by atoms with E-state index in [1.54, 1.807) is 6.92 Å². The van der Waals surface area contributed by atoms with Gasteiger partial charge in [0.15, 0.2) is 0 Å². The van der Waals surface area contributed by atoms with Crippen molar-refractivity contribution in [3.05, 3.63) is 0 Å². The number of aliphatic hydroxyl groups is 3. The van der Waals surface area contributed by atoms with E-state index in [9.17, 15) is 20.1 Å². The Morgan fingerprint density at radius 2 is 1.79 bits per heavy atom. The Balaban J connectivity index is 2.65. The van der Waals surface area contributed by atoms with Gasteiger partial charge >= 0.3 is 0 Å². The third-order valence-electron chi connectivity index (χ3n) is 2.44. The first-order valence-corrected chi connectivity index (χ1v) is 4.62. The summed E-state index contributed by atoms with van der Waals surface area (Å²) in [5.41, 5.74) is 0. The number of rotatable bonds is 2. The Bertz CT molecular complexity index is 217. The van der Waals surface area contributed by atoms with Gasteiger partial charge in [-0.05, 0) is 13.8 Å². The summed E-state index contributed by atoms with van der Waals surface area (Å²) in [5, 5.41) is 28.2. The molecule has 0 bridgehead atoms. The lowest BCUT2D eigenvalue weighted by Crippen LogP contribution is -2.56. The lowest BCUT2D eigenvalue weighted by molar-refractivity contribution is -0.217. The molecule has 0 unspecified atom stereocenters. The smallest absolute Gasteiger partial charge is 0.132 e. The van der Waals surface area contributed by atoms with Crippen LogP contribution in [0.1, 0.15) is 20.3 Å². The first-order valence-electron chi connectivity index (χ1n) is 4.62. The molecule has 1 aliphatic heterocycles. The molecule has 5 heteroatoms. The summed E-state index contributed by atoms with van der Waals surface area (Å²) in [6.45, 7) is 2.98. The van der Waals surface area contributed by atoms with Crippen LogP contribution in [-0.4, -0.2) is 51.6 Å². The molecule has 0 saturated carbocycles. The van der Waals surface area contributed by atoms with Crippen molar-refractivity contribution in [1.29, 1.82) is 0 Å². The fraction of sp³-hybridized carbons (Fsp3) is 0.889. The van der Waals surface area contributed by atoms with Crippen LogP contribution in [0, 0.1) is 0 Å². The van der Waals surface area contributed by atoms with E-state index >= 15 is 0 Å². The molecule has 82 valence electrons. The van der Waals surface area contributed by atoms with Gasteiger partial charge in [0.05, 0.1) is 12.2 Å². The standard InChI is InChI=1S/C9H16O5/c1-4(10)3-6-8(12)9(13)7(11)5(2)14-6/h5-9,11-13H,3H2,1-2H3/t5-,6-,7+,8-,9-/m0/s1. The predicted molar refractivity (Wildman–Crippen MR) is 47.7 cm³/mol. The summed E-state index contributed by atoms with van der Waals surface area (Å²) in [6, 6.07) is 0. The number of aliphatic hydroxyl groups excluding tert-OH is 3. The second-order valence-corrected chi connectivity index (χ2v) is 3.76. The normalized spacial score (nSPS) is 43.6. The molecule has 0 aromatic heterocycles. The van der Waals surface area contributed by atoms with Crippen molar-refractivity contribution >= 4 is 5.78 Å². The van der Waals surface area contributed by atoms with Crippen molar-refractivity contribution in [1.82, 2.24) is 0 Å². The van der Waals surface area contributed by atoms with E-state index in [-0.39, 0.29) is 12.2 Å². The van der Waals surface area contributed by atoms with Crippen LogP contribution in [-0.2, 0) is 9.53 Å². The van der Waals surface area contributed by atoms with Gasteiger partial charge in [0, 0.05) is 6.42 Å². The summed E-state index contributed by atoms with van der Waals surface area (Å²) >= 11 is 0. The van der Waals surface area contributed by atoms with Crippen LogP contribution < -0.4 is 0 Å². The van der Waals surface area contributed by atoms with Gasteiger partial charge in [-0.3, -0.25) is 4.79 Å². The van der Waals surface area contributed by atoms with E-state index in [0.29, 0.717) is 0 Å². The molecule has 0 spiro atoms. The largest absolute Gasteiger partial charge is 0.388 e. The molecule has 1 rings (SSSR count). The average Bonchev–Trinajstić information content (AvgIpc) is 2.10. The molecule has 0 radical (unpaired) electrons. The summed E-state index contributed by atoms with van der Waals surface area (Å²) in [4.78, 5) is 10.8. The Hall–Kier alpha value is -0.490. The molecule has 1 heterocycles. The summed E-state index contributed by atoms with van der Waals surface area (Å²) in [5.74, 6) is -0.121. The second-order valence-electron chi connectivity index (χ2n) is 3.76. The maximum absolute atomic E-state index is 10.8. The molecule has 0 aromatic carbocycles. The van der Waals surface area contributed by atoms with Crippen LogP contribution in [0.2, 0.25) is 0 Å². The zero-order chi connectivity index (χ0) is 10.9. The highest BCUT2D eigenvalue weighted by atomic mass is 16.5. The molecule has 3 N–H and O–H groups in total. The predicted octanol–water partition coefficient (Wildman–Crippen LogP) is -1.16. The number of hydrogen-bond donors (Lipinski definition) is 3. The van der Waals surface area contributed by atoms with Gasteiger partial charge in [0.1, 0.15) is 24.1 Å². The van der Waals surface area contributed by atoms with Crippen molar-refractivity contribution in [3.63, 3.8) is 0 Å².